The van der Waals surface area contributed by atoms with E-state index in [1.165, 1.54) is 0 Å². The van der Waals surface area contributed by atoms with Crippen molar-refractivity contribution < 1.29 is 18.8 Å². The number of esters is 1. The first kappa shape index (κ1) is 17.9. The molecule has 1 aromatic heterocycles. The second-order valence-electron chi connectivity index (χ2n) is 7.21. The minimum absolute atomic E-state index is 0.0222. The van der Waals surface area contributed by atoms with Gasteiger partial charge in [0.1, 0.15) is 5.69 Å². The molecule has 0 radical (unpaired) electrons. The highest BCUT2D eigenvalue weighted by Crippen LogP contribution is 2.22. The molecule has 1 heterocycles. The first-order chi connectivity index (χ1) is 12.3. The topological polar surface area (TPSA) is 69.4 Å². The lowest BCUT2D eigenvalue weighted by molar-refractivity contribution is -0.141. The summed E-state index contributed by atoms with van der Waals surface area (Å²) in [7, 11) is 0. The minimum atomic E-state index is -0.510. The molecule has 5 heteroatoms. The Kier molecular flexibility index (Phi) is 4.89. The van der Waals surface area contributed by atoms with E-state index < -0.39 is 5.97 Å². The highest BCUT2D eigenvalue weighted by Gasteiger charge is 2.17. The summed E-state index contributed by atoms with van der Waals surface area (Å²) in [5, 5.41) is 4.66. The van der Waals surface area contributed by atoms with E-state index in [4.69, 9.17) is 9.26 Å². The molecule has 0 aliphatic carbocycles. The maximum Gasteiger partial charge on any atom is 0.312 e. The van der Waals surface area contributed by atoms with Crippen LogP contribution in [0.25, 0.3) is 11.0 Å². The number of ketones is 1. The molecule has 0 fully saturated rings. The summed E-state index contributed by atoms with van der Waals surface area (Å²) in [6.45, 7) is 6.04. The highest BCUT2D eigenvalue weighted by atomic mass is 16.5. The number of hydrogen-bond donors (Lipinski definition) is 0. The van der Waals surface area contributed by atoms with Crippen molar-refractivity contribution >= 4 is 22.7 Å². The van der Waals surface area contributed by atoms with Crippen molar-refractivity contribution in [1.29, 1.82) is 0 Å². The zero-order chi connectivity index (χ0) is 18.7. The molecule has 3 rings (SSSR count). The van der Waals surface area contributed by atoms with E-state index >= 15 is 0 Å². The molecule has 0 spiro atoms. The van der Waals surface area contributed by atoms with Gasteiger partial charge >= 0.3 is 5.97 Å². The van der Waals surface area contributed by atoms with Crippen molar-refractivity contribution in [3.8, 4) is 0 Å². The lowest BCUT2D eigenvalue weighted by atomic mass is 9.86. The van der Waals surface area contributed by atoms with Crippen molar-refractivity contribution in [2.75, 3.05) is 6.61 Å². The Morgan fingerprint density at radius 1 is 1.04 bits per heavy atom. The molecule has 2 aromatic carbocycles. The quantitative estimate of drug-likeness (QED) is 0.511. The normalized spacial score (nSPS) is 11.5. The predicted octanol–water partition coefficient (Wildman–Crippen LogP) is 4.09. The standard InChI is InChI=1S/C21H21NO4/c1-21(2,3)15-10-8-14(9-11-15)18(23)13-25-20(24)12-17-16-6-4-5-7-19(16)26-22-17/h4-11H,12-13H2,1-3H3. The van der Waals surface area contributed by atoms with Crippen LogP contribution in [0.4, 0.5) is 0 Å². The maximum absolute atomic E-state index is 12.2. The number of hydrogen-bond acceptors (Lipinski definition) is 5. The van der Waals surface area contributed by atoms with Crippen LogP contribution >= 0.6 is 0 Å². The maximum atomic E-state index is 12.2. The lowest BCUT2D eigenvalue weighted by Gasteiger charge is -2.18. The highest BCUT2D eigenvalue weighted by molar-refractivity contribution is 5.98. The van der Waals surface area contributed by atoms with Crippen LogP contribution in [0.3, 0.4) is 0 Å². The monoisotopic (exact) mass is 351 g/mol. The minimum Gasteiger partial charge on any atom is -0.457 e. The van der Waals surface area contributed by atoms with Gasteiger partial charge in [0.15, 0.2) is 18.0 Å². The van der Waals surface area contributed by atoms with Gasteiger partial charge in [-0.15, -0.1) is 0 Å². The molecule has 0 saturated carbocycles. The fourth-order valence-corrected chi connectivity index (χ4v) is 2.64. The van der Waals surface area contributed by atoms with Gasteiger partial charge in [0.05, 0.1) is 6.42 Å². The number of carbonyl (C=O) groups is 2. The molecular formula is C21H21NO4. The molecule has 3 aromatic rings. The number of carbonyl (C=O) groups excluding carboxylic acids is 2. The van der Waals surface area contributed by atoms with E-state index in [9.17, 15) is 9.59 Å². The number of Topliss-reactive ketones (excluding diaryl/α,β-unsaturated/α-hetero) is 1. The van der Waals surface area contributed by atoms with Crippen LogP contribution in [0, 0.1) is 0 Å². The summed E-state index contributed by atoms with van der Waals surface area (Å²) in [5.74, 6) is -0.743. The van der Waals surface area contributed by atoms with Gasteiger partial charge in [-0.05, 0) is 23.1 Å². The van der Waals surface area contributed by atoms with Gasteiger partial charge in [-0.1, -0.05) is 62.3 Å². The number of rotatable bonds is 5. The average Bonchev–Trinajstić information content (AvgIpc) is 3.02. The summed E-state index contributed by atoms with van der Waals surface area (Å²) >= 11 is 0. The smallest absolute Gasteiger partial charge is 0.312 e. The molecule has 134 valence electrons. The van der Waals surface area contributed by atoms with Gasteiger partial charge in [-0.2, -0.15) is 0 Å². The molecule has 0 unspecified atom stereocenters. The number of fused-ring (bicyclic) bond motifs is 1. The zero-order valence-electron chi connectivity index (χ0n) is 15.1. The molecule has 0 saturated heterocycles. The van der Waals surface area contributed by atoms with E-state index in [1.54, 1.807) is 18.2 Å². The number of nitrogens with zero attached hydrogens (tertiary/aromatic N) is 1. The first-order valence-electron chi connectivity index (χ1n) is 8.47. The second kappa shape index (κ2) is 7.12. The Hall–Kier alpha value is -2.95. The van der Waals surface area contributed by atoms with Crippen LogP contribution in [-0.2, 0) is 21.4 Å². The van der Waals surface area contributed by atoms with E-state index in [2.05, 4.69) is 25.9 Å². The first-order valence-corrected chi connectivity index (χ1v) is 8.47. The van der Waals surface area contributed by atoms with Crippen molar-refractivity contribution in [3.63, 3.8) is 0 Å². The van der Waals surface area contributed by atoms with Gasteiger partial charge in [-0.25, -0.2) is 0 Å². The van der Waals surface area contributed by atoms with Crippen LogP contribution in [0.15, 0.2) is 53.1 Å². The summed E-state index contributed by atoms with van der Waals surface area (Å²) in [6, 6.07) is 14.7. The third kappa shape index (κ3) is 3.99. The number of para-hydroxylation sites is 1. The summed E-state index contributed by atoms with van der Waals surface area (Å²) in [4.78, 5) is 24.2. The van der Waals surface area contributed by atoms with Crippen molar-refractivity contribution in [2.45, 2.75) is 32.6 Å². The Morgan fingerprint density at radius 2 is 1.73 bits per heavy atom. The molecule has 0 N–H and O–H groups in total. The Bertz CT molecular complexity index is 933. The third-order valence-corrected chi connectivity index (χ3v) is 4.20. The third-order valence-electron chi connectivity index (χ3n) is 4.20. The van der Waals surface area contributed by atoms with Crippen LogP contribution in [-0.4, -0.2) is 23.5 Å². The second-order valence-corrected chi connectivity index (χ2v) is 7.21. The SMILES string of the molecule is CC(C)(C)c1ccc(C(=O)COC(=O)Cc2noc3ccccc23)cc1. The van der Waals surface area contributed by atoms with E-state index in [-0.39, 0.29) is 24.2 Å². The van der Waals surface area contributed by atoms with Gasteiger partial charge < -0.3 is 9.26 Å². The van der Waals surface area contributed by atoms with E-state index in [0.717, 1.165) is 10.9 Å². The van der Waals surface area contributed by atoms with Crippen LogP contribution in [0.1, 0.15) is 42.4 Å². The molecule has 5 nitrogen and oxygen atoms in total. The van der Waals surface area contributed by atoms with Gasteiger partial charge in [0, 0.05) is 10.9 Å². The average molecular weight is 351 g/mol. The zero-order valence-corrected chi connectivity index (χ0v) is 15.1. The Morgan fingerprint density at radius 3 is 2.42 bits per heavy atom. The number of aromatic nitrogens is 1. The summed E-state index contributed by atoms with van der Waals surface area (Å²) in [6.07, 6.45) is -0.0345. The van der Waals surface area contributed by atoms with Crippen molar-refractivity contribution in [2.24, 2.45) is 0 Å². The fourth-order valence-electron chi connectivity index (χ4n) is 2.64. The lowest BCUT2D eigenvalue weighted by Crippen LogP contribution is -2.16. The Balaban J connectivity index is 1.58. The number of benzene rings is 2. The van der Waals surface area contributed by atoms with Gasteiger partial charge in [0.25, 0.3) is 0 Å². The fraction of sp³-hybridized carbons (Fsp3) is 0.286. The molecule has 0 atom stereocenters. The van der Waals surface area contributed by atoms with Crippen LogP contribution < -0.4 is 0 Å². The molecular weight excluding hydrogens is 330 g/mol. The predicted molar refractivity (Wildman–Crippen MR) is 98.1 cm³/mol. The summed E-state index contributed by atoms with van der Waals surface area (Å²) in [5.41, 5.74) is 2.81. The molecule has 26 heavy (non-hydrogen) atoms. The van der Waals surface area contributed by atoms with Gasteiger partial charge in [-0.3, -0.25) is 9.59 Å². The van der Waals surface area contributed by atoms with Gasteiger partial charge in [0.2, 0.25) is 0 Å². The van der Waals surface area contributed by atoms with Crippen molar-refractivity contribution in [1.82, 2.24) is 5.16 Å². The van der Waals surface area contributed by atoms with Crippen LogP contribution in [0.2, 0.25) is 0 Å². The molecule has 0 aliphatic rings. The Labute approximate surface area is 151 Å². The summed E-state index contributed by atoms with van der Waals surface area (Å²) < 4.78 is 10.3. The van der Waals surface area contributed by atoms with Crippen LogP contribution in [0.5, 0.6) is 0 Å². The number of ether oxygens (including phenoxy) is 1. The van der Waals surface area contributed by atoms with E-state index in [1.807, 2.05) is 30.3 Å². The molecule has 0 amide bonds. The van der Waals surface area contributed by atoms with E-state index in [0.29, 0.717) is 16.8 Å². The van der Waals surface area contributed by atoms with Crippen molar-refractivity contribution in [3.05, 3.63) is 65.4 Å². The molecule has 0 bridgehead atoms. The largest absolute Gasteiger partial charge is 0.457 e. The molecule has 0 aliphatic heterocycles.